The van der Waals surface area contributed by atoms with Crippen molar-refractivity contribution in [2.75, 3.05) is 26.5 Å². The molecule has 8 nitrogen and oxygen atoms in total. The van der Waals surface area contributed by atoms with Crippen LogP contribution in [-0.2, 0) is 0 Å². The molecule has 0 aliphatic heterocycles. The molecule has 4 rings (SSSR count). The van der Waals surface area contributed by atoms with Gasteiger partial charge >= 0.3 is 0 Å². The van der Waals surface area contributed by atoms with E-state index in [1.807, 2.05) is 24.6 Å². The monoisotopic (exact) mass is 426 g/mol. The number of amides is 1. The summed E-state index contributed by atoms with van der Waals surface area (Å²) in [5.41, 5.74) is 6.57. The van der Waals surface area contributed by atoms with Gasteiger partial charge in [-0.1, -0.05) is 6.42 Å². The lowest BCUT2D eigenvalue weighted by atomic mass is 9.88. The zero-order valence-corrected chi connectivity index (χ0v) is 18.4. The van der Waals surface area contributed by atoms with Crippen LogP contribution in [0.2, 0.25) is 0 Å². The first kappa shape index (κ1) is 20.6. The molecule has 1 aliphatic rings. The Morgan fingerprint density at radius 1 is 1.27 bits per heavy atom. The van der Waals surface area contributed by atoms with Crippen molar-refractivity contribution in [3.05, 3.63) is 35.6 Å². The van der Waals surface area contributed by atoms with Crippen molar-refractivity contribution < 1.29 is 4.79 Å². The molecule has 0 aromatic carbocycles. The Bertz CT molecular complexity index is 1060. The fourth-order valence-electron chi connectivity index (χ4n) is 4.41. The van der Waals surface area contributed by atoms with Gasteiger partial charge in [-0.15, -0.1) is 11.3 Å². The molecule has 1 amide bonds. The first-order valence-corrected chi connectivity index (χ1v) is 11.1. The van der Waals surface area contributed by atoms with Gasteiger partial charge in [-0.25, -0.2) is 9.97 Å². The highest BCUT2D eigenvalue weighted by Crippen LogP contribution is 2.34. The second kappa shape index (κ2) is 8.25. The molecule has 158 valence electrons. The van der Waals surface area contributed by atoms with Gasteiger partial charge in [0, 0.05) is 23.4 Å². The number of rotatable bonds is 6. The second-order valence-electron chi connectivity index (χ2n) is 8.21. The minimum Gasteiger partial charge on any atom is -0.364 e. The van der Waals surface area contributed by atoms with Gasteiger partial charge in [0.25, 0.3) is 5.91 Å². The van der Waals surface area contributed by atoms with Crippen LogP contribution in [0, 0.1) is 0 Å². The predicted octanol–water partition coefficient (Wildman–Crippen LogP) is 3.03. The first-order valence-electron chi connectivity index (χ1n) is 10.2. The number of quaternary nitrogens is 1. The van der Waals surface area contributed by atoms with E-state index in [0.29, 0.717) is 22.4 Å². The van der Waals surface area contributed by atoms with Crippen molar-refractivity contribution in [3.63, 3.8) is 0 Å². The van der Waals surface area contributed by atoms with Crippen molar-refractivity contribution in [2.24, 2.45) is 5.73 Å². The van der Waals surface area contributed by atoms with E-state index < -0.39 is 5.91 Å². The zero-order valence-electron chi connectivity index (χ0n) is 17.6. The molecular weight excluding hydrogens is 398 g/mol. The fourth-order valence-corrected chi connectivity index (χ4v) is 5.25. The summed E-state index contributed by atoms with van der Waals surface area (Å²) in [5.74, 6) is 0.573. The van der Waals surface area contributed by atoms with E-state index in [4.69, 9.17) is 10.7 Å². The van der Waals surface area contributed by atoms with E-state index in [9.17, 15) is 4.79 Å². The van der Waals surface area contributed by atoms with Crippen molar-refractivity contribution >= 4 is 44.8 Å². The zero-order chi connectivity index (χ0) is 21.3. The SMILES string of the molecule is CNC1CCCCC1[N+](C)(C)c1cnc(C(N)=O)c(Nc2csc3ncccc23)n1. The number of nitrogens with two attached hydrogens (primary N) is 1. The number of fused-ring (bicyclic) bond motifs is 1. The van der Waals surface area contributed by atoms with Gasteiger partial charge in [0.1, 0.15) is 17.1 Å². The first-order chi connectivity index (χ1) is 14.4. The molecule has 3 heterocycles. The molecule has 3 aromatic rings. The normalized spacial score (nSPS) is 19.7. The van der Waals surface area contributed by atoms with E-state index in [1.54, 1.807) is 12.4 Å². The van der Waals surface area contributed by atoms with Crippen LogP contribution < -0.4 is 20.9 Å². The highest BCUT2D eigenvalue weighted by Gasteiger charge is 2.40. The van der Waals surface area contributed by atoms with Crippen molar-refractivity contribution in [1.82, 2.24) is 24.8 Å². The van der Waals surface area contributed by atoms with Gasteiger partial charge in [0.05, 0.1) is 25.8 Å². The number of thiophene rings is 1. The Balaban J connectivity index is 1.73. The second-order valence-corrected chi connectivity index (χ2v) is 9.07. The van der Waals surface area contributed by atoms with Gasteiger partial charge in [-0.3, -0.25) is 9.28 Å². The molecule has 30 heavy (non-hydrogen) atoms. The standard InChI is InChI=1S/C21H27N7OS/c1-23-14-8-4-5-9-16(14)28(2,3)17-11-25-18(19(22)29)20(27-17)26-15-12-30-21-13(15)7-6-10-24-21/h6-7,10-12,14,16,23H,4-5,8-9H2,1-3H3,(H2-,22,26,27,29)/p+1. The van der Waals surface area contributed by atoms with Crippen LogP contribution >= 0.6 is 11.3 Å². The third kappa shape index (κ3) is 3.76. The van der Waals surface area contributed by atoms with Gasteiger partial charge in [0.2, 0.25) is 5.82 Å². The smallest absolute Gasteiger partial charge is 0.271 e. The number of nitrogens with one attached hydrogen (secondary N) is 2. The minimum absolute atomic E-state index is 0.135. The fraction of sp³-hybridized carbons (Fsp3) is 0.429. The number of hydrogen-bond acceptors (Lipinski definition) is 7. The largest absolute Gasteiger partial charge is 0.364 e. The van der Waals surface area contributed by atoms with Crippen LogP contribution in [0.3, 0.4) is 0 Å². The van der Waals surface area contributed by atoms with E-state index in [-0.39, 0.29) is 5.69 Å². The van der Waals surface area contributed by atoms with Crippen LogP contribution in [0.15, 0.2) is 29.9 Å². The number of carbonyl (C=O) groups excluding carboxylic acids is 1. The Morgan fingerprint density at radius 2 is 2.07 bits per heavy atom. The van der Waals surface area contributed by atoms with Crippen LogP contribution in [-0.4, -0.2) is 54.1 Å². The molecule has 0 saturated heterocycles. The van der Waals surface area contributed by atoms with Crippen molar-refractivity contribution in [1.29, 1.82) is 0 Å². The van der Waals surface area contributed by atoms with Crippen LogP contribution in [0.25, 0.3) is 10.2 Å². The molecule has 2 unspecified atom stereocenters. The molecule has 4 N–H and O–H groups in total. The highest BCUT2D eigenvalue weighted by atomic mass is 32.1. The Morgan fingerprint density at radius 3 is 2.83 bits per heavy atom. The molecule has 1 fully saturated rings. The summed E-state index contributed by atoms with van der Waals surface area (Å²) in [6, 6.07) is 4.66. The van der Waals surface area contributed by atoms with Gasteiger partial charge in [-0.05, 0) is 32.0 Å². The molecular formula is C21H28N7OS+. The van der Waals surface area contributed by atoms with E-state index in [2.05, 4.69) is 34.7 Å². The number of anilines is 2. The number of nitrogens with zero attached hydrogens (tertiary/aromatic N) is 4. The summed E-state index contributed by atoms with van der Waals surface area (Å²) in [4.78, 5) is 26.6. The molecule has 1 aliphatic carbocycles. The average molecular weight is 427 g/mol. The van der Waals surface area contributed by atoms with Crippen LogP contribution in [0.5, 0.6) is 0 Å². The summed E-state index contributed by atoms with van der Waals surface area (Å²) < 4.78 is 0.582. The lowest BCUT2D eigenvalue weighted by Crippen LogP contribution is -2.60. The molecule has 2 atom stereocenters. The van der Waals surface area contributed by atoms with E-state index >= 15 is 0 Å². The summed E-state index contributed by atoms with van der Waals surface area (Å²) in [5, 5.41) is 9.70. The topological polar surface area (TPSA) is 106 Å². The molecule has 1 saturated carbocycles. The van der Waals surface area contributed by atoms with Crippen LogP contribution in [0.1, 0.15) is 36.2 Å². The predicted molar refractivity (Wildman–Crippen MR) is 122 cm³/mol. The number of aromatic nitrogens is 3. The summed E-state index contributed by atoms with van der Waals surface area (Å²) in [7, 11) is 6.33. The van der Waals surface area contributed by atoms with E-state index in [1.165, 1.54) is 24.2 Å². The number of carbonyl (C=O) groups is 1. The number of pyridine rings is 1. The Kier molecular flexibility index (Phi) is 5.68. The third-order valence-corrected chi connectivity index (χ3v) is 7.02. The number of primary amides is 1. The Labute approximate surface area is 180 Å². The molecule has 0 spiro atoms. The molecule has 0 bridgehead atoms. The summed E-state index contributed by atoms with van der Waals surface area (Å²) in [6.45, 7) is 0. The summed E-state index contributed by atoms with van der Waals surface area (Å²) >= 11 is 1.53. The van der Waals surface area contributed by atoms with Gasteiger partial charge in [0.15, 0.2) is 11.5 Å². The quantitative estimate of drug-likeness (QED) is 0.523. The van der Waals surface area contributed by atoms with Gasteiger partial charge < -0.3 is 16.4 Å². The van der Waals surface area contributed by atoms with E-state index in [0.717, 1.165) is 34.6 Å². The molecule has 0 radical (unpaired) electrons. The van der Waals surface area contributed by atoms with Crippen molar-refractivity contribution in [3.8, 4) is 0 Å². The summed E-state index contributed by atoms with van der Waals surface area (Å²) in [6.07, 6.45) is 8.15. The number of hydrogen-bond donors (Lipinski definition) is 3. The maximum Gasteiger partial charge on any atom is 0.271 e. The van der Waals surface area contributed by atoms with Crippen LogP contribution in [0.4, 0.5) is 17.3 Å². The highest BCUT2D eigenvalue weighted by molar-refractivity contribution is 7.17. The molecule has 9 heteroatoms. The number of likely N-dealkylation sites (N-methyl/N-ethyl adjacent to an activating group) is 2. The average Bonchev–Trinajstić information content (AvgIpc) is 3.16. The molecule has 3 aromatic heterocycles. The van der Waals surface area contributed by atoms with Gasteiger partial charge in [-0.2, -0.15) is 4.98 Å². The lowest BCUT2D eigenvalue weighted by molar-refractivity contribution is 0.0996. The van der Waals surface area contributed by atoms with Crippen molar-refractivity contribution in [2.45, 2.75) is 37.8 Å². The minimum atomic E-state index is -0.606. The maximum atomic E-state index is 12.0. The Hall–Kier alpha value is -2.62. The maximum absolute atomic E-state index is 12.0. The lowest BCUT2D eigenvalue weighted by Gasteiger charge is -2.43. The third-order valence-electron chi connectivity index (χ3n) is 6.12.